The Bertz CT molecular complexity index is 780. The van der Waals surface area contributed by atoms with Crippen molar-refractivity contribution in [2.75, 3.05) is 10.6 Å². The van der Waals surface area contributed by atoms with E-state index < -0.39 is 0 Å². The number of carbonyl (C=O) groups excluding carboxylic acids is 2. The van der Waals surface area contributed by atoms with Gasteiger partial charge in [-0.05, 0) is 30.7 Å². The highest BCUT2D eigenvalue weighted by Crippen LogP contribution is 2.40. The number of benzene rings is 2. The molecule has 1 fully saturated rings. The van der Waals surface area contributed by atoms with Crippen LogP contribution in [0.3, 0.4) is 0 Å². The summed E-state index contributed by atoms with van der Waals surface area (Å²) in [6.45, 7) is 0. The van der Waals surface area contributed by atoms with E-state index in [0.717, 1.165) is 5.69 Å². The van der Waals surface area contributed by atoms with Gasteiger partial charge < -0.3 is 10.6 Å². The van der Waals surface area contributed by atoms with Gasteiger partial charge in [-0.1, -0.05) is 30.3 Å². The van der Waals surface area contributed by atoms with Gasteiger partial charge in [0.25, 0.3) is 0 Å². The van der Waals surface area contributed by atoms with Crippen LogP contribution in [0.25, 0.3) is 0 Å². The van der Waals surface area contributed by atoms with Crippen LogP contribution < -0.4 is 10.6 Å². The number of anilines is 2. The van der Waals surface area contributed by atoms with E-state index in [9.17, 15) is 9.59 Å². The number of nitrogens with one attached hydrogen (secondary N) is 2. The molecule has 2 amide bonds. The van der Waals surface area contributed by atoms with E-state index in [1.165, 1.54) is 0 Å². The van der Waals surface area contributed by atoms with Gasteiger partial charge >= 0.3 is 0 Å². The van der Waals surface area contributed by atoms with E-state index in [4.69, 9.17) is 5.26 Å². The van der Waals surface area contributed by atoms with Gasteiger partial charge in [0, 0.05) is 5.69 Å². The van der Waals surface area contributed by atoms with E-state index in [1.807, 2.05) is 24.3 Å². The predicted molar refractivity (Wildman–Crippen MR) is 86.5 cm³/mol. The number of para-hydroxylation sites is 2. The van der Waals surface area contributed by atoms with Crippen LogP contribution in [0.4, 0.5) is 11.4 Å². The summed E-state index contributed by atoms with van der Waals surface area (Å²) in [7, 11) is 0. The van der Waals surface area contributed by atoms with Crippen molar-refractivity contribution in [1.82, 2.24) is 0 Å². The molecule has 0 bridgehead atoms. The maximum Gasteiger partial charge on any atom is 0.228 e. The highest BCUT2D eigenvalue weighted by atomic mass is 16.2. The summed E-state index contributed by atoms with van der Waals surface area (Å²) in [4.78, 5) is 24.3. The van der Waals surface area contributed by atoms with Crippen molar-refractivity contribution >= 4 is 23.2 Å². The zero-order chi connectivity index (χ0) is 16.2. The molecule has 0 aliphatic heterocycles. The Balaban J connectivity index is 1.59. The third kappa shape index (κ3) is 3.38. The topological polar surface area (TPSA) is 82.0 Å². The molecular weight excluding hydrogens is 290 g/mol. The predicted octanol–water partition coefficient (Wildman–Crippen LogP) is 2.77. The molecule has 1 aliphatic rings. The molecule has 0 radical (unpaired) electrons. The minimum absolute atomic E-state index is 0.148. The third-order valence-corrected chi connectivity index (χ3v) is 3.81. The molecule has 2 N–H and O–H groups in total. The zero-order valence-corrected chi connectivity index (χ0v) is 12.3. The second kappa shape index (κ2) is 6.32. The van der Waals surface area contributed by atoms with Crippen LogP contribution >= 0.6 is 0 Å². The average molecular weight is 305 g/mol. The maximum absolute atomic E-state index is 12.2. The molecule has 2 unspecified atom stereocenters. The van der Waals surface area contributed by atoms with Crippen LogP contribution in [-0.2, 0) is 9.59 Å². The largest absolute Gasteiger partial charge is 0.326 e. The Hall–Kier alpha value is -3.13. The molecule has 2 atom stereocenters. The fourth-order valence-electron chi connectivity index (χ4n) is 2.45. The number of amides is 2. The van der Waals surface area contributed by atoms with Gasteiger partial charge in [-0.3, -0.25) is 9.59 Å². The molecule has 0 aromatic heterocycles. The summed E-state index contributed by atoms with van der Waals surface area (Å²) < 4.78 is 0. The summed E-state index contributed by atoms with van der Waals surface area (Å²) in [5.74, 6) is -1.03. The Kier molecular flexibility index (Phi) is 4.07. The van der Waals surface area contributed by atoms with E-state index in [-0.39, 0.29) is 23.7 Å². The highest BCUT2D eigenvalue weighted by molar-refractivity contribution is 6.03. The Morgan fingerprint density at radius 2 is 1.52 bits per heavy atom. The first-order valence-electron chi connectivity index (χ1n) is 7.35. The number of rotatable bonds is 4. The molecule has 5 nitrogen and oxygen atoms in total. The third-order valence-electron chi connectivity index (χ3n) is 3.81. The Labute approximate surface area is 133 Å². The van der Waals surface area contributed by atoms with Crippen LogP contribution in [0.5, 0.6) is 0 Å². The van der Waals surface area contributed by atoms with E-state index in [2.05, 4.69) is 10.6 Å². The molecule has 0 heterocycles. The summed E-state index contributed by atoms with van der Waals surface area (Å²) in [6, 6.07) is 18.0. The summed E-state index contributed by atoms with van der Waals surface area (Å²) in [5.41, 5.74) is 1.61. The fourth-order valence-corrected chi connectivity index (χ4v) is 2.45. The van der Waals surface area contributed by atoms with Gasteiger partial charge in [-0.2, -0.15) is 5.26 Å². The van der Waals surface area contributed by atoms with E-state index in [1.54, 1.807) is 36.4 Å². The van der Waals surface area contributed by atoms with Gasteiger partial charge in [0.15, 0.2) is 0 Å². The van der Waals surface area contributed by atoms with Crippen molar-refractivity contribution in [3.05, 3.63) is 60.2 Å². The van der Waals surface area contributed by atoms with Crippen molar-refractivity contribution in [1.29, 1.82) is 5.26 Å². The Morgan fingerprint density at radius 3 is 2.22 bits per heavy atom. The molecular formula is C18H15N3O2. The lowest BCUT2D eigenvalue weighted by molar-refractivity contribution is -0.122. The lowest BCUT2D eigenvalue weighted by atomic mass is 10.2. The van der Waals surface area contributed by atoms with Crippen LogP contribution in [0.1, 0.15) is 12.0 Å². The highest BCUT2D eigenvalue weighted by Gasteiger charge is 2.48. The molecule has 114 valence electrons. The second-order valence-electron chi connectivity index (χ2n) is 5.45. The number of nitrogens with zero attached hydrogens (tertiary/aromatic N) is 1. The number of carbonyl (C=O) groups is 2. The standard InChI is InChI=1S/C18H15N3O2/c19-11-12-6-4-5-9-16(12)21-18(23)15-10-14(15)17(22)20-13-7-2-1-3-8-13/h1-9,14-15H,10H2,(H,20,22)(H,21,23). The molecule has 1 saturated carbocycles. The van der Waals surface area contributed by atoms with Gasteiger partial charge in [0.05, 0.1) is 23.1 Å². The van der Waals surface area contributed by atoms with Crippen LogP contribution in [0, 0.1) is 23.2 Å². The van der Waals surface area contributed by atoms with Gasteiger partial charge in [0.2, 0.25) is 11.8 Å². The van der Waals surface area contributed by atoms with Crippen LogP contribution in [0.2, 0.25) is 0 Å². The fraction of sp³-hybridized carbons (Fsp3) is 0.167. The zero-order valence-electron chi connectivity index (χ0n) is 12.3. The first-order valence-corrected chi connectivity index (χ1v) is 7.35. The van der Waals surface area contributed by atoms with Crippen molar-refractivity contribution in [2.24, 2.45) is 11.8 Å². The minimum atomic E-state index is -0.342. The van der Waals surface area contributed by atoms with Crippen LogP contribution in [-0.4, -0.2) is 11.8 Å². The van der Waals surface area contributed by atoms with Crippen molar-refractivity contribution in [3.8, 4) is 6.07 Å². The van der Waals surface area contributed by atoms with Gasteiger partial charge in [0.1, 0.15) is 6.07 Å². The smallest absolute Gasteiger partial charge is 0.228 e. The molecule has 0 spiro atoms. The summed E-state index contributed by atoms with van der Waals surface area (Å²) >= 11 is 0. The monoisotopic (exact) mass is 305 g/mol. The Morgan fingerprint density at radius 1 is 0.913 bits per heavy atom. The number of hydrogen-bond acceptors (Lipinski definition) is 3. The first-order chi connectivity index (χ1) is 11.2. The molecule has 0 saturated heterocycles. The second-order valence-corrected chi connectivity index (χ2v) is 5.45. The summed E-state index contributed by atoms with van der Waals surface area (Å²) in [6.07, 6.45) is 0.527. The SMILES string of the molecule is N#Cc1ccccc1NC(=O)C1CC1C(=O)Nc1ccccc1. The van der Waals surface area contributed by atoms with Crippen molar-refractivity contribution < 1.29 is 9.59 Å². The van der Waals surface area contributed by atoms with Gasteiger partial charge in [-0.25, -0.2) is 0 Å². The van der Waals surface area contributed by atoms with E-state index >= 15 is 0 Å². The molecule has 23 heavy (non-hydrogen) atoms. The number of hydrogen-bond donors (Lipinski definition) is 2. The van der Waals surface area contributed by atoms with Gasteiger partial charge in [-0.15, -0.1) is 0 Å². The van der Waals surface area contributed by atoms with Crippen molar-refractivity contribution in [3.63, 3.8) is 0 Å². The maximum atomic E-state index is 12.2. The molecule has 2 aromatic carbocycles. The quantitative estimate of drug-likeness (QED) is 0.911. The molecule has 5 heteroatoms. The van der Waals surface area contributed by atoms with Crippen molar-refractivity contribution in [2.45, 2.75) is 6.42 Å². The normalized spacial score (nSPS) is 18.6. The molecule has 3 rings (SSSR count). The lowest BCUT2D eigenvalue weighted by Gasteiger charge is -2.07. The lowest BCUT2D eigenvalue weighted by Crippen LogP contribution is -2.20. The molecule has 1 aliphatic carbocycles. The average Bonchev–Trinajstić information content (AvgIpc) is 3.37. The first kappa shape index (κ1) is 14.8. The minimum Gasteiger partial charge on any atom is -0.326 e. The number of nitriles is 1. The van der Waals surface area contributed by atoms with E-state index in [0.29, 0.717) is 17.7 Å². The molecule has 2 aromatic rings. The summed E-state index contributed by atoms with van der Waals surface area (Å²) in [5, 5.41) is 14.6. The van der Waals surface area contributed by atoms with Crippen LogP contribution in [0.15, 0.2) is 54.6 Å².